The maximum atomic E-state index is 12.7. The van der Waals surface area contributed by atoms with E-state index in [4.69, 9.17) is 0 Å². The minimum Gasteiger partial charge on any atom is -0.336 e. The second kappa shape index (κ2) is 7.45. The molecule has 0 atom stereocenters. The number of aryl methyl sites for hydroxylation is 2. The summed E-state index contributed by atoms with van der Waals surface area (Å²) in [4.78, 5) is 29.7. The Labute approximate surface area is 156 Å². The second-order valence-corrected chi connectivity index (χ2v) is 7.65. The standard InChI is InChI=1S/C19H22N4O2S/c24-18(7-6-16-5-3-13-26-16)21-9-11-22(12-10-21)19(25)17-14-15-4-1-2-8-23(15)20-17/h3,5-7,13-14H,1-2,4,8-12H2/b7-6+. The first-order valence-electron chi connectivity index (χ1n) is 9.07. The molecule has 7 heteroatoms. The molecule has 6 nitrogen and oxygen atoms in total. The van der Waals surface area contributed by atoms with Crippen molar-refractivity contribution in [2.45, 2.75) is 25.8 Å². The van der Waals surface area contributed by atoms with E-state index in [1.54, 1.807) is 27.2 Å². The van der Waals surface area contributed by atoms with Crippen LogP contribution in [0.4, 0.5) is 0 Å². The molecule has 1 fully saturated rings. The van der Waals surface area contributed by atoms with Gasteiger partial charge in [0, 0.05) is 49.4 Å². The molecule has 26 heavy (non-hydrogen) atoms. The van der Waals surface area contributed by atoms with Gasteiger partial charge < -0.3 is 9.80 Å². The third kappa shape index (κ3) is 3.58. The number of aromatic nitrogens is 2. The summed E-state index contributed by atoms with van der Waals surface area (Å²) in [7, 11) is 0. The first kappa shape index (κ1) is 17.0. The summed E-state index contributed by atoms with van der Waals surface area (Å²) in [6.07, 6.45) is 6.76. The van der Waals surface area contributed by atoms with Crippen molar-refractivity contribution in [2.24, 2.45) is 0 Å². The van der Waals surface area contributed by atoms with Crippen LogP contribution in [0.5, 0.6) is 0 Å². The molecular weight excluding hydrogens is 348 g/mol. The van der Waals surface area contributed by atoms with Crippen LogP contribution >= 0.6 is 11.3 Å². The van der Waals surface area contributed by atoms with Crippen LogP contribution in [0.1, 0.15) is 33.9 Å². The minimum atomic E-state index is -0.0203. The fourth-order valence-corrected chi connectivity index (χ4v) is 4.08. The number of hydrogen-bond acceptors (Lipinski definition) is 4. The van der Waals surface area contributed by atoms with E-state index in [1.165, 1.54) is 6.42 Å². The van der Waals surface area contributed by atoms with E-state index >= 15 is 0 Å². The van der Waals surface area contributed by atoms with Gasteiger partial charge in [-0.1, -0.05) is 6.07 Å². The van der Waals surface area contributed by atoms with Crippen LogP contribution in [0, 0.1) is 0 Å². The third-order valence-electron chi connectivity index (χ3n) is 4.95. The number of amides is 2. The molecule has 0 aromatic carbocycles. The van der Waals surface area contributed by atoms with Crippen molar-refractivity contribution >= 4 is 29.2 Å². The van der Waals surface area contributed by atoms with Gasteiger partial charge in [0.1, 0.15) is 0 Å². The van der Waals surface area contributed by atoms with Gasteiger partial charge in [0.2, 0.25) is 5.91 Å². The Hall–Kier alpha value is -2.41. The Kier molecular flexibility index (Phi) is 4.88. The lowest BCUT2D eigenvalue weighted by Gasteiger charge is -2.33. The predicted molar refractivity (Wildman–Crippen MR) is 101 cm³/mol. The summed E-state index contributed by atoms with van der Waals surface area (Å²) in [5.41, 5.74) is 1.70. The number of thiophene rings is 1. The van der Waals surface area contributed by atoms with Crippen LogP contribution in [0.2, 0.25) is 0 Å². The van der Waals surface area contributed by atoms with Crippen LogP contribution in [-0.4, -0.2) is 57.6 Å². The lowest BCUT2D eigenvalue weighted by molar-refractivity contribution is -0.127. The first-order chi connectivity index (χ1) is 12.7. The van der Waals surface area contributed by atoms with E-state index in [0.717, 1.165) is 30.0 Å². The molecule has 0 saturated carbocycles. The predicted octanol–water partition coefficient (Wildman–Crippen LogP) is 2.28. The normalized spacial score (nSPS) is 17.5. The molecule has 0 radical (unpaired) electrons. The van der Waals surface area contributed by atoms with Crippen molar-refractivity contribution in [2.75, 3.05) is 26.2 Å². The first-order valence-corrected chi connectivity index (χ1v) is 9.95. The molecule has 136 valence electrons. The number of fused-ring (bicyclic) bond motifs is 1. The molecule has 2 aliphatic heterocycles. The largest absolute Gasteiger partial charge is 0.336 e. The van der Waals surface area contributed by atoms with Crippen molar-refractivity contribution in [1.29, 1.82) is 0 Å². The molecule has 0 aliphatic carbocycles. The van der Waals surface area contributed by atoms with Gasteiger partial charge in [-0.25, -0.2) is 0 Å². The molecule has 4 heterocycles. The smallest absolute Gasteiger partial charge is 0.274 e. The SMILES string of the molecule is O=C(/C=C/c1cccs1)N1CCN(C(=O)c2cc3n(n2)CCCC3)CC1. The van der Waals surface area contributed by atoms with Gasteiger partial charge in [0.15, 0.2) is 5.69 Å². The van der Waals surface area contributed by atoms with E-state index in [0.29, 0.717) is 31.9 Å². The van der Waals surface area contributed by atoms with E-state index in [-0.39, 0.29) is 11.8 Å². The monoisotopic (exact) mass is 370 g/mol. The highest BCUT2D eigenvalue weighted by molar-refractivity contribution is 7.10. The maximum absolute atomic E-state index is 12.7. The molecule has 0 spiro atoms. The minimum absolute atomic E-state index is 0.00274. The Bertz CT molecular complexity index is 793. The van der Waals surface area contributed by atoms with Crippen molar-refractivity contribution in [1.82, 2.24) is 19.6 Å². The topological polar surface area (TPSA) is 58.4 Å². The van der Waals surface area contributed by atoms with Crippen LogP contribution in [0.3, 0.4) is 0 Å². The Morgan fingerprint density at radius 1 is 1.08 bits per heavy atom. The average Bonchev–Trinajstić information content (AvgIpc) is 3.35. The molecule has 2 amide bonds. The summed E-state index contributed by atoms with van der Waals surface area (Å²) >= 11 is 1.61. The molecule has 2 aromatic rings. The highest BCUT2D eigenvalue weighted by Crippen LogP contribution is 2.17. The zero-order chi connectivity index (χ0) is 17.9. The molecular formula is C19H22N4O2S. The molecule has 0 bridgehead atoms. The third-order valence-corrected chi connectivity index (χ3v) is 5.78. The molecule has 2 aromatic heterocycles. The van der Waals surface area contributed by atoms with E-state index in [1.807, 2.05) is 34.3 Å². The van der Waals surface area contributed by atoms with Crippen LogP contribution < -0.4 is 0 Å². The summed E-state index contributed by atoms with van der Waals surface area (Å²) in [5, 5.41) is 6.46. The van der Waals surface area contributed by atoms with Crippen molar-refractivity contribution < 1.29 is 9.59 Å². The fraction of sp³-hybridized carbons (Fsp3) is 0.421. The lowest BCUT2D eigenvalue weighted by Crippen LogP contribution is -2.50. The number of rotatable bonds is 3. The van der Waals surface area contributed by atoms with Crippen LogP contribution in [0.25, 0.3) is 6.08 Å². The number of piperazine rings is 1. The Morgan fingerprint density at radius 3 is 2.62 bits per heavy atom. The molecule has 0 N–H and O–H groups in total. The molecule has 1 saturated heterocycles. The van der Waals surface area contributed by atoms with Crippen molar-refractivity contribution in [3.05, 3.63) is 45.9 Å². The van der Waals surface area contributed by atoms with Gasteiger partial charge in [-0.2, -0.15) is 5.10 Å². The second-order valence-electron chi connectivity index (χ2n) is 6.67. The summed E-state index contributed by atoms with van der Waals surface area (Å²) < 4.78 is 1.96. The van der Waals surface area contributed by atoms with E-state index in [9.17, 15) is 9.59 Å². The maximum Gasteiger partial charge on any atom is 0.274 e. The zero-order valence-electron chi connectivity index (χ0n) is 14.6. The molecule has 0 unspecified atom stereocenters. The summed E-state index contributed by atoms with van der Waals surface area (Å²) in [5.74, 6) is -0.0175. The van der Waals surface area contributed by atoms with Gasteiger partial charge >= 0.3 is 0 Å². The zero-order valence-corrected chi connectivity index (χ0v) is 15.5. The van der Waals surface area contributed by atoms with Gasteiger partial charge in [-0.05, 0) is 42.9 Å². The Morgan fingerprint density at radius 2 is 1.88 bits per heavy atom. The molecule has 4 rings (SSSR count). The quantitative estimate of drug-likeness (QED) is 0.779. The van der Waals surface area contributed by atoms with Crippen LogP contribution in [0.15, 0.2) is 29.7 Å². The fourth-order valence-electron chi connectivity index (χ4n) is 3.46. The van der Waals surface area contributed by atoms with Gasteiger partial charge in [-0.3, -0.25) is 14.3 Å². The van der Waals surface area contributed by atoms with Gasteiger partial charge in [0.05, 0.1) is 0 Å². The molecule has 2 aliphatic rings. The number of carbonyl (C=O) groups excluding carboxylic acids is 2. The van der Waals surface area contributed by atoms with Gasteiger partial charge in [-0.15, -0.1) is 11.3 Å². The average molecular weight is 370 g/mol. The summed E-state index contributed by atoms with van der Waals surface area (Å²) in [6, 6.07) is 5.88. The van der Waals surface area contributed by atoms with Gasteiger partial charge in [0.25, 0.3) is 5.91 Å². The van der Waals surface area contributed by atoms with E-state index in [2.05, 4.69) is 5.10 Å². The lowest BCUT2D eigenvalue weighted by atomic mass is 10.1. The van der Waals surface area contributed by atoms with Crippen molar-refractivity contribution in [3.8, 4) is 0 Å². The Balaban J connectivity index is 1.33. The highest BCUT2D eigenvalue weighted by atomic mass is 32.1. The summed E-state index contributed by atoms with van der Waals surface area (Å²) in [6.45, 7) is 3.14. The van der Waals surface area contributed by atoms with Crippen molar-refractivity contribution in [3.63, 3.8) is 0 Å². The number of carbonyl (C=O) groups is 2. The highest BCUT2D eigenvalue weighted by Gasteiger charge is 2.26. The van der Waals surface area contributed by atoms with Crippen LogP contribution in [-0.2, 0) is 17.8 Å². The number of nitrogens with zero attached hydrogens (tertiary/aromatic N) is 4. The van der Waals surface area contributed by atoms with E-state index < -0.39 is 0 Å². The number of hydrogen-bond donors (Lipinski definition) is 0.